The van der Waals surface area contributed by atoms with Gasteiger partial charge in [-0.2, -0.15) is 4.98 Å². The fraction of sp³-hybridized carbons (Fsp3) is 0.375. The molecule has 0 atom stereocenters. The summed E-state index contributed by atoms with van der Waals surface area (Å²) in [4.78, 5) is 12.4. The van der Waals surface area contributed by atoms with E-state index in [1.807, 2.05) is 18.5 Å². The second-order valence-corrected chi connectivity index (χ2v) is 2.91. The van der Waals surface area contributed by atoms with Gasteiger partial charge in [0.15, 0.2) is 5.65 Å². The summed E-state index contributed by atoms with van der Waals surface area (Å²) in [5.41, 5.74) is 8.11. The molecule has 5 heteroatoms. The van der Waals surface area contributed by atoms with Crippen LogP contribution in [0.1, 0.15) is 12.6 Å². The van der Waals surface area contributed by atoms with Crippen LogP contribution in [-0.2, 0) is 13.5 Å². The van der Waals surface area contributed by atoms with Crippen molar-refractivity contribution in [3.05, 3.63) is 12.0 Å². The second kappa shape index (κ2) is 2.69. The van der Waals surface area contributed by atoms with Crippen LogP contribution in [0.5, 0.6) is 0 Å². The third-order valence-electron chi connectivity index (χ3n) is 1.98. The number of rotatable bonds is 1. The molecule has 0 aliphatic heterocycles. The quantitative estimate of drug-likeness (QED) is 0.689. The lowest BCUT2D eigenvalue weighted by Gasteiger charge is -1.99. The average molecular weight is 177 g/mol. The number of nitrogens with two attached hydrogens (primary N) is 1. The Labute approximate surface area is 75.6 Å². The largest absolute Gasteiger partial charge is 0.368 e. The lowest BCUT2D eigenvalue weighted by molar-refractivity contribution is 0.927. The second-order valence-electron chi connectivity index (χ2n) is 2.91. The van der Waals surface area contributed by atoms with Crippen molar-refractivity contribution in [2.45, 2.75) is 13.3 Å². The number of nitrogen functional groups attached to an aromatic ring is 1. The van der Waals surface area contributed by atoms with Gasteiger partial charge >= 0.3 is 0 Å². The van der Waals surface area contributed by atoms with E-state index in [1.54, 1.807) is 6.33 Å². The molecule has 0 amide bonds. The first-order valence-electron chi connectivity index (χ1n) is 4.15. The Kier molecular flexibility index (Phi) is 1.65. The zero-order chi connectivity index (χ0) is 9.42. The molecule has 2 aromatic rings. The molecule has 2 heterocycles. The highest BCUT2D eigenvalue weighted by atomic mass is 15.1. The zero-order valence-electron chi connectivity index (χ0n) is 7.65. The molecule has 5 nitrogen and oxygen atoms in total. The topological polar surface area (TPSA) is 69.6 Å². The Hall–Kier alpha value is -1.65. The van der Waals surface area contributed by atoms with E-state index in [-0.39, 0.29) is 0 Å². The Morgan fingerprint density at radius 3 is 2.92 bits per heavy atom. The van der Waals surface area contributed by atoms with Crippen molar-refractivity contribution in [2.24, 2.45) is 7.05 Å². The van der Waals surface area contributed by atoms with Gasteiger partial charge in [-0.1, -0.05) is 6.92 Å². The van der Waals surface area contributed by atoms with Crippen molar-refractivity contribution in [3.63, 3.8) is 0 Å². The Morgan fingerprint density at radius 1 is 1.46 bits per heavy atom. The molecule has 0 aliphatic carbocycles. The number of nitrogens with zero attached hydrogens (tertiary/aromatic N) is 4. The maximum atomic E-state index is 5.56. The lowest BCUT2D eigenvalue weighted by atomic mass is 10.3. The molecule has 0 radical (unpaired) electrons. The minimum Gasteiger partial charge on any atom is -0.368 e. The molecule has 0 aliphatic rings. The van der Waals surface area contributed by atoms with Crippen LogP contribution in [0, 0.1) is 0 Å². The van der Waals surface area contributed by atoms with Gasteiger partial charge in [-0.15, -0.1) is 0 Å². The van der Waals surface area contributed by atoms with Gasteiger partial charge in [0.05, 0.1) is 12.0 Å². The van der Waals surface area contributed by atoms with Crippen LogP contribution in [-0.4, -0.2) is 19.5 Å². The van der Waals surface area contributed by atoms with Gasteiger partial charge in [0.1, 0.15) is 5.52 Å². The molecule has 0 fully saturated rings. The van der Waals surface area contributed by atoms with Crippen LogP contribution in [0.15, 0.2) is 6.33 Å². The summed E-state index contributed by atoms with van der Waals surface area (Å²) in [6.07, 6.45) is 2.54. The molecule has 13 heavy (non-hydrogen) atoms. The highest BCUT2D eigenvalue weighted by molar-refractivity contribution is 5.74. The predicted octanol–water partition coefficient (Wildman–Crippen LogP) is 0.508. The average Bonchev–Trinajstić information content (AvgIpc) is 2.47. The van der Waals surface area contributed by atoms with Crippen molar-refractivity contribution >= 4 is 17.1 Å². The van der Waals surface area contributed by atoms with Crippen molar-refractivity contribution < 1.29 is 0 Å². The Bertz CT molecular complexity index is 445. The molecular formula is C8H11N5. The summed E-state index contributed by atoms with van der Waals surface area (Å²) in [5, 5.41) is 0. The molecule has 2 rings (SSSR count). The monoisotopic (exact) mass is 177 g/mol. The minimum absolute atomic E-state index is 0.313. The zero-order valence-corrected chi connectivity index (χ0v) is 7.65. The van der Waals surface area contributed by atoms with Crippen molar-refractivity contribution in [1.82, 2.24) is 19.5 Å². The first-order valence-corrected chi connectivity index (χ1v) is 4.15. The van der Waals surface area contributed by atoms with Gasteiger partial charge < -0.3 is 10.3 Å². The molecule has 0 unspecified atom stereocenters. The summed E-state index contributed by atoms with van der Waals surface area (Å²) >= 11 is 0. The highest BCUT2D eigenvalue weighted by Crippen LogP contribution is 2.14. The molecule has 0 saturated carbocycles. The summed E-state index contributed by atoms with van der Waals surface area (Å²) < 4.78 is 1.84. The molecule has 2 N–H and O–H groups in total. The van der Waals surface area contributed by atoms with Crippen molar-refractivity contribution in [1.29, 1.82) is 0 Å². The van der Waals surface area contributed by atoms with E-state index in [1.165, 1.54) is 0 Å². The molecule has 0 aromatic carbocycles. The molecule has 68 valence electrons. The fourth-order valence-corrected chi connectivity index (χ4v) is 1.33. The van der Waals surface area contributed by atoms with E-state index < -0.39 is 0 Å². The van der Waals surface area contributed by atoms with Crippen LogP contribution in [0.3, 0.4) is 0 Å². The van der Waals surface area contributed by atoms with E-state index in [0.717, 1.165) is 23.3 Å². The first kappa shape index (κ1) is 7.97. The van der Waals surface area contributed by atoms with Crippen LogP contribution in [0.2, 0.25) is 0 Å². The van der Waals surface area contributed by atoms with Gasteiger partial charge in [-0.3, -0.25) is 0 Å². The standard InChI is InChI=1S/C8H11N5/c1-3-5-6-7(12-8(9)11-5)13(2)4-10-6/h4H,3H2,1-2H3,(H2,9,11,12). The van der Waals surface area contributed by atoms with Crippen LogP contribution >= 0.6 is 0 Å². The Balaban J connectivity index is 2.84. The minimum atomic E-state index is 0.313. The van der Waals surface area contributed by atoms with Gasteiger partial charge in [0.25, 0.3) is 0 Å². The van der Waals surface area contributed by atoms with Gasteiger partial charge in [-0.25, -0.2) is 9.97 Å². The third kappa shape index (κ3) is 1.12. The van der Waals surface area contributed by atoms with Crippen LogP contribution in [0.4, 0.5) is 5.95 Å². The number of hydrogen-bond acceptors (Lipinski definition) is 4. The predicted molar refractivity (Wildman–Crippen MR) is 50.1 cm³/mol. The number of aryl methyl sites for hydroxylation is 2. The van der Waals surface area contributed by atoms with E-state index >= 15 is 0 Å². The van der Waals surface area contributed by atoms with E-state index in [9.17, 15) is 0 Å². The molecule has 0 bridgehead atoms. The highest BCUT2D eigenvalue weighted by Gasteiger charge is 2.08. The van der Waals surface area contributed by atoms with Crippen LogP contribution < -0.4 is 5.73 Å². The van der Waals surface area contributed by atoms with Gasteiger partial charge in [0, 0.05) is 7.05 Å². The van der Waals surface area contributed by atoms with E-state index in [0.29, 0.717) is 5.95 Å². The van der Waals surface area contributed by atoms with Crippen molar-refractivity contribution in [2.75, 3.05) is 5.73 Å². The number of aromatic nitrogens is 4. The summed E-state index contributed by atoms with van der Waals surface area (Å²) in [6, 6.07) is 0. The van der Waals surface area contributed by atoms with Crippen molar-refractivity contribution in [3.8, 4) is 0 Å². The molecule has 0 spiro atoms. The normalized spacial score (nSPS) is 10.9. The smallest absolute Gasteiger partial charge is 0.222 e. The lowest BCUT2D eigenvalue weighted by Crippen LogP contribution is -2.01. The van der Waals surface area contributed by atoms with Gasteiger partial charge in [0.2, 0.25) is 5.95 Å². The summed E-state index contributed by atoms with van der Waals surface area (Å²) in [5.74, 6) is 0.313. The fourth-order valence-electron chi connectivity index (χ4n) is 1.33. The SMILES string of the molecule is CCc1nc(N)nc2c1ncn2C. The Morgan fingerprint density at radius 2 is 2.23 bits per heavy atom. The molecular weight excluding hydrogens is 166 g/mol. The van der Waals surface area contributed by atoms with Gasteiger partial charge in [-0.05, 0) is 6.42 Å². The summed E-state index contributed by atoms with van der Waals surface area (Å²) in [7, 11) is 1.89. The number of hydrogen-bond donors (Lipinski definition) is 1. The molecule has 2 aromatic heterocycles. The summed E-state index contributed by atoms with van der Waals surface area (Å²) in [6.45, 7) is 2.02. The number of anilines is 1. The molecule has 0 saturated heterocycles. The maximum absolute atomic E-state index is 5.56. The van der Waals surface area contributed by atoms with E-state index in [4.69, 9.17) is 5.73 Å². The number of fused-ring (bicyclic) bond motifs is 1. The van der Waals surface area contributed by atoms with E-state index in [2.05, 4.69) is 15.0 Å². The maximum Gasteiger partial charge on any atom is 0.222 e. The first-order chi connectivity index (χ1) is 6.22. The van der Waals surface area contributed by atoms with Crippen LogP contribution in [0.25, 0.3) is 11.2 Å². The third-order valence-corrected chi connectivity index (χ3v) is 1.98. The number of imidazole rings is 1.